The molecule has 1 amide bonds. The van der Waals surface area contributed by atoms with E-state index in [1.165, 1.54) is 4.90 Å². The molecule has 1 heterocycles. The van der Waals surface area contributed by atoms with Gasteiger partial charge in [0.25, 0.3) is 0 Å². The molecule has 22 heavy (non-hydrogen) atoms. The van der Waals surface area contributed by atoms with E-state index in [9.17, 15) is 9.59 Å². The molecule has 0 aromatic heterocycles. The van der Waals surface area contributed by atoms with Gasteiger partial charge in [0.05, 0.1) is 24.4 Å². The Morgan fingerprint density at radius 2 is 2.00 bits per heavy atom. The van der Waals surface area contributed by atoms with Crippen molar-refractivity contribution in [2.75, 3.05) is 20.1 Å². The first-order valence-electron chi connectivity index (χ1n) is 7.30. The third kappa shape index (κ3) is 4.34. The number of carboxylic acids is 1. The molecule has 1 N–H and O–H groups in total. The van der Waals surface area contributed by atoms with Crippen LogP contribution in [0.2, 0.25) is 0 Å². The van der Waals surface area contributed by atoms with Gasteiger partial charge >= 0.3 is 12.1 Å². The number of aliphatic carboxylic acids is 1. The van der Waals surface area contributed by atoms with E-state index < -0.39 is 23.2 Å². The van der Waals surface area contributed by atoms with Gasteiger partial charge in [-0.05, 0) is 34.7 Å². The molecule has 1 fully saturated rings. The minimum Gasteiger partial charge on any atom is -0.481 e. The van der Waals surface area contributed by atoms with Gasteiger partial charge in [-0.3, -0.25) is 9.69 Å². The lowest BCUT2D eigenvalue weighted by atomic mass is 9.83. The molecule has 0 saturated carbocycles. The normalized spacial score (nSPS) is 18.3. The Kier molecular flexibility index (Phi) is 5.41. The number of likely N-dealkylation sites (N-methyl/N-ethyl adjacent to an activating group) is 1. The number of hydrogen-bond donors (Lipinski definition) is 1. The lowest BCUT2D eigenvalue weighted by Crippen LogP contribution is -2.72. The molecule has 0 aromatic rings. The summed E-state index contributed by atoms with van der Waals surface area (Å²) in [6.45, 7) is 7.83. The largest absolute Gasteiger partial charge is 0.481 e. The molecular weight excluding hydrogens is 286 g/mol. The van der Waals surface area contributed by atoms with Crippen LogP contribution in [0.3, 0.4) is 0 Å². The number of carbonyl (C=O) groups excluding carboxylic acids is 1. The summed E-state index contributed by atoms with van der Waals surface area (Å²) in [6, 6.07) is 2.01. The molecule has 7 heteroatoms. The minimum atomic E-state index is -0.917. The SMILES string of the molecule is CC(CC#N)N(C)C1(CC(=O)O)CN(C(=O)OC(C)(C)C)C1. The summed E-state index contributed by atoms with van der Waals surface area (Å²) in [4.78, 5) is 26.6. The first-order chi connectivity index (χ1) is 10.0. The molecule has 7 nitrogen and oxygen atoms in total. The van der Waals surface area contributed by atoms with Crippen LogP contribution in [0.25, 0.3) is 0 Å². The summed E-state index contributed by atoms with van der Waals surface area (Å²) < 4.78 is 5.30. The zero-order valence-corrected chi connectivity index (χ0v) is 13.9. The van der Waals surface area contributed by atoms with Crippen molar-refractivity contribution in [2.45, 2.75) is 57.7 Å². The molecule has 1 rings (SSSR count). The number of amides is 1. The highest BCUT2D eigenvalue weighted by atomic mass is 16.6. The summed E-state index contributed by atoms with van der Waals surface area (Å²) >= 11 is 0. The predicted octanol–water partition coefficient (Wildman–Crippen LogP) is 1.68. The molecule has 1 aliphatic heterocycles. The van der Waals surface area contributed by atoms with Gasteiger partial charge in [-0.25, -0.2) is 4.79 Å². The van der Waals surface area contributed by atoms with Gasteiger partial charge in [0, 0.05) is 19.1 Å². The third-order valence-electron chi connectivity index (χ3n) is 3.90. The maximum atomic E-state index is 12.0. The molecule has 0 spiro atoms. The van der Waals surface area contributed by atoms with Crippen LogP contribution in [0.4, 0.5) is 4.79 Å². The monoisotopic (exact) mass is 311 g/mol. The average molecular weight is 311 g/mol. The van der Waals surface area contributed by atoms with Crippen LogP contribution in [0.5, 0.6) is 0 Å². The molecule has 1 aliphatic rings. The standard InChI is InChI=1S/C15H25N3O4/c1-11(6-7-16)17(5)15(8-12(19)20)9-18(10-15)13(21)22-14(2,3)4/h11H,6,8-10H2,1-5H3,(H,19,20). The first kappa shape index (κ1) is 18.2. The number of rotatable bonds is 5. The van der Waals surface area contributed by atoms with Crippen LogP contribution < -0.4 is 0 Å². The van der Waals surface area contributed by atoms with Crippen LogP contribution in [0.1, 0.15) is 40.5 Å². The fourth-order valence-corrected chi connectivity index (χ4v) is 2.60. The van der Waals surface area contributed by atoms with Crippen molar-refractivity contribution in [3.8, 4) is 6.07 Å². The third-order valence-corrected chi connectivity index (χ3v) is 3.90. The summed E-state index contributed by atoms with van der Waals surface area (Å²) in [5.74, 6) is -0.917. The topological polar surface area (TPSA) is 93.9 Å². The number of nitriles is 1. The van der Waals surface area contributed by atoms with Gasteiger partial charge in [0.15, 0.2) is 0 Å². The fraction of sp³-hybridized carbons (Fsp3) is 0.800. The van der Waals surface area contributed by atoms with E-state index in [4.69, 9.17) is 15.1 Å². The Hall–Kier alpha value is -1.81. The van der Waals surface area contributed by atoms with Crippen molar-refractivity contribution in [1.82, 2.24) is 9.80 Å². The van der Waals surface area contributed by atoms with Crippen molar-refractivity contribution >= 4 is 12.1 Å². The minimum absolute atomic E-state index is 0.0709. The van der Waals surface area contributed by atoms with E-state index in [1.54, 1.807) is 27.8 Å². The van der Waals surface area contributed by atoms with Crippen LogP contribution >= 0.6 is 0 Å². The van der Waals surface area contributed by atoms with E-state index in [0.29, 0.717) is 19.5 Å². The highest BCUT2D eigenvalue weighted by molar-refractivity contribution is 5.73. The summed E-state index contributed by atoms with van der Waals surface area (Å²) in [5, 5.41) is 18.0. The van der Waals surface area contributed by atoms with Crippen molar-refractivity contribution in [1.29, 1.82) is 5.26 Å². The second kappa shape index (κ2) is 6.53. The number of carboxylic acid groups (broad SMARTS) is 1. The van der Waals surface area contributed by atoms with Gasteiger partial charge in [-0.2, -0.15) is 5.26 Å². The zero-order chi connectivity index (χ0) is 17.1. The Balaban J connectivity index is 2.77. The van der Waals surface area contributed by atoms with Gasteiger partial charge in [-0.1, -0.05) is 0 Å². The van der Waals surface area contributed by atoms with E-state index in [1.807, 2.05) is 11.8 Å². The number of ether oxygens (including phenoxy) is 1. The molecule has 1 atom stereocenters. The summed E-state index contributed by atoms with van der Waals surface area (Å²) in [7, 11) is 1.80. The maximum Gasteiger partial charge on any atom is 0.410 e. The molecule has 0 aliphatic carbocycles. The van der Waals surface area contributed by atoms with Crippen LogP contribution in [-0.4, -0.2) is 64.3 Å². The second-order valence-corrected chi connectivity index (χ2v) is 6.95. The van der Waals surface area contributed by atoms with Crippen molar-refractivity contribution in [3.63, 3.8) is 0 Å². The van der Waals surface area contributed by atoms with Gasteiger partial charge in [0.2, 0.25) is 0 Å². The van der Waals surface area contributed by atoms with E-state index in [-0.39, 0.29) is 12.5 Å². The Morgan fingerprint density at radius 1 is 1.45 bits per heavy atom. The molecule has 124 valence electrons. The number of carbonyl (C=O) groups is 2. The molecule has 1 unspecified atom stereocenters. The Labute approximate surface area is 131 Å². The average Bonchev–Trinajstić information content (AvgIpc) is 2.29. The van der Waals surface area contributed by atoms with E-state index in [2.05, 4.69) is 6.07 Å². The van der Waals surface area contributed by atoms with Gasteiger partial charge < -0.3 is 14.7 Å². The number of nitrogens with zero attached hydrogens (tertiary/aromatic N) is 3. The van der Waals surface area contributed by atoms with E-state index in [0.717, 1.165) is 0 Å². The Bertz CT molecular complexity index is 472. The van der Waals surface area contributed by atoms with Gasteiger partial charge in [0.1, 0.15) is 5.60 Å². The van der Waals surface area contributed by atoms with Gasteiger partial charge in [-0.15, -0.1) is 0 Å². The second-order valence-electron chi connectivity index (χ2n) is 6.95. The lowest BCUT2D eigenvalue weighted by molar-refractivity contribution is -0.146. The molecule has 0 radical (unpaired) electrons. The maximum absolute atomic E-state index is 12.0. The first-order valence-corrected chi connectivity index (χ1v) is 7.30. The Morgan fingerprint density at radius 3 is 2.41 bits per heavy atom. The lowest BCUT2D eigenvalue weighted by Gasteiger charge is -2.55. The summed E-state index contributed by atoms with van der Waals surface area (Å²) in [5.41, 5.74) is -1.22. The van der Waals surface area contributed by atoms with E-state index >= 15 is 0 Å². The number of likely N-dealkylation sites (tertiary alicyclic amines) is 1. The van der Waals surface area contributed by atoms with Crippen molar-refractivity contribution in [3.05, 3.63) is 0 Å². The smallest absolute Gasteiger partial charge is 0.410 e. The number of hydrogen-bond acceptors (Lipinski definition) is 5. The highest BCUT2D eigenvalue weighted by Crippen LogP contribution is 2.33. The fourth-order valence-electron chi connectivity index (χ4n) is 2.60. The highest BCUT2D eigenvalue weighted by Gasteiger charge is 2.51. The molecular formula is C15H25N3O4. The zero-order valence-electron chi connectivity index (χ0n) is 13.9. The van der Waals surface area contributed by atoms with Crippen LogP contribution in [-0.2, 0) is 9.53 Å². The quantitative estimate of drug-likeness (QED) is 0.830. The van der Waals surface area contributed by atoms with Crippen LogP contribution in [0, 0.1) is 11.3 Å². The van der Waals surface area contributed by atoms with Crippen LogP contribution in [0.15, 0.2) is 0 Å². The summed E-state index contributed by atoms with van der Waals surface area (Å²) in [6.07, 6.45) is -0.196. The van der Waals surface area contributed by atoms with Crippen molar-refractivity contribution < 1.29 is 19.4 Å². The predicted molar refractivity (Wildman–Crippen MR) is 80.2 cm³/mol. The molecule has 1 saturated heterocycles. The molecule has 0 aromatic carbocycles. The molecule has 0 bridgehead atoms. The van der Waals surface area contributed by atoms with Crippen molar-refractivity contribution in [2.24, 2.45) is 0 Å².